The van der Waals surface area contributed by atoms with Gasteiger partial charge in [0.2, 0.25) is 0 Å². The monoisotopic (exact) mass is 359 g/mol. The number of rotatable bonds is 6. The van der Waals surface area contributed by atoms with E-state index in [1.807, 2.05) is 0 Å². The van der Waals surface area contributed by atoms with Crippen LogP contribution in [0.3, 0.4) is 0 Å². The third-order valence-electron chi connectivity index (χ3n) is 5.26. The Morgan fingerprint density at radius 2 is 2.12 bits per heavy atom. The lowest BCUT2D eigenvalue weighted by atomic mass is 9.86. The summed E-state index contributed by atoms with van der Waals surface area (Å²) in [6.07, 6.45) is 10.8. The molecule has 1 atom stereocenters. The van der Waals surface area contributed by atoms with E-state index < -0.39 is 5.60 Å². The molecule has 3 N–H and O–H groups in total. The second-order valence-corrected chi connectivity index (χ2v) is 7.86. The first-order valence-electron chi connectivity index (χ1n) is 9.72. The molecule has 0 unspecified atom stereocenters. The van der Waals surface area contributed by atoms with Crippen LogP contribution in [0.1, 0.15) is 66.2 Å². The number of allylic oxidation sites excluding steroid dienone is 3. The summed E-state index contributed by atoms with van der Waals surface area (Å²) in [7, 11) is 0. The van der Waals surface area contributed by atoms with E-state index in [9.17, 15) is 9.90 Å². The Balaban J connectivity index is 2.22. The number of carbonyl (C=O) groups excluding carboxylic acids is 1. The molecule has 1 aliphatic carbocycles. The molecule has 0 aromatic carbocycles. The van der Waals surface area contributed by atoms with Crippen LogP contribution in [0.4, 0.5) is 0 Å². The number of nitrogens with one attached hydrogen (secondary N) is 2. The standard InChI is InChI=1S/C21H33N3O2/c1-6-10-18(16-11-8-7-9-12-16)24-19-14(2)22-13-17(19)20(25)23-15(3)21(4,5)26/h10,13,15-16,22,26H,2,6-9,11-12H2,1,3-5H3,(H,23,25)/b18-10-,24-19+/t15-/m0/s1. The van der Waals surface area contributed by atoms with Crippen molar-refractivity contribution >= 4 is 11.6 Å². The average Bonchev–Trinajstić information content (AvgIpc) is 2.95. The Kier molecular flexibility index (Phi) is 6.81. The number of hydrogen-bond acceptors (Lipinski definition) is 4. The first-order valence-corrected chi connectivity index (χ1v) is 9.72. The lowest BCUT2D eigenvalue weighted by molar-refractivity contribution is -0.119. The molecule has 26 heavy (non-hydrogen) atoms. The summed E-state index contributed by atoms with van der Waals surface area (Å²) >= 11 is 0. The lowest BCUT2D eigenvalue weighted by Crippen LogP contribution is -2.48. The Bertz CT molecular complexity index is 632. The van der Waals surface area contributed by atoms with Crippen molar-refractivity contribution in [3.8, 4) is 0 Å². The van der Waals surface area contributed by atoms with E-state index in [-0.39, 0.29) is 11.9 Å². The van der Waals surface area contributed by atoms with E-state index in [4.69, 9.17) is 4.99 Å². The molecule has 0 bridgehead atoms. The van der Waals surface area contributed by atoms with Gasteiger partial charge in [-0.2, -0.15) is 0 Å². The predicted molar refractivity (Wildman–Crippen MR) is 107 cm³/mol. The Morgan fingerprint density at radius 3 is 2.69 bits per heavy atom. The lowest BCUT2D eigenvalue weighted by Gasteiger charge is -2.27. The molecule has 0 aromatic heterocycles. The fourth-order valence-electron chi connectivity index (χ4n) is 3.25. The SMILES string of the molecule is C=C1NC=C(C(=O)N[C@@H](C)C(C)(C)O)/C1=N/C(=C\CC)C1CCCCC1. The fourth-order valence-corrected chi connectivity index (χ4v) is 3.25. The van der Waals surface area contributed by atoms with Gasteiger partial charge >= 0.3 is 0 Å². The van der Waals surface area contributed by atoms with Crippen molar-refractivity contribution in [1.82, 2.24) is 10.6 Å². The molecule has 0 spiro atoms. The van der Waals surface area contributed by atoms with E-state index >= 15 is 0 Å². The van der Waals surface area contributed by atoms with Crippen LogP contribution in [-0.4, -0.2) is 28.4 Å². The summed E-state index contributed by atoms with van der Waals surface area (Å²) in [5, 5.41) is 16.0. The molecule has 2 rings (SSSR count). The van der Waals surface area contributed by atoms with E-state index in [1.165, 1.54) is 19.3 Å². The minimum Gasteiger partial charge on any atom is -0.388 e. The molecule has 1 saturated carbocycles. The van der Waals surface area contributed by atoms with Crippen LogP contribution in [0, 0.1) is 5.92 Å². The van der Waals surface area contributed by atoms with Crippen LogP contribution >= 0.6 is 0 Å². The van der Waals surface area contributed by atoms with Gasteiger partial charge in [-0.25, -0.2) is 0 Å². The highest BCUT2D eigenvalue weighted by molar-refractivity contribution is 6.29. The zero-order valence-corrected chi connectivity index (χ0v) is 16.6. The van der Waals surface area contributed by atoms with Gasteiger partial charge in [0.05, 0.1) is 22.9 Å². The highest BCUT2D eigenvalue weighted by Gasteiger charge is 2.30. The van der Waals surface area contributed by atoms with Gasteiger partial charge in [-0.15, -0.1) is 0 Å². The molecular weight excluding hydrogens is 326 g/mol. The van der Waals surface area contributed by atoms with Crippen LogP contribution in [0.5, 0.6) is 0 Å². The molecule has 0 aromatic rings. The molecule has 0 saturated heterocycles. The maximum absolute atomic E-state index is 12.7. The van der Waals surface area contributed by atoms with Crippen LogP contribution < -0.4 is 10.6 Å². The van der Waals surface area contributed by atoms with E-state index in [1.54, 1.807) is 27.0 Å². The first-order chi connectivity index (χ1) is 12.2. The van der Waals surface area contributed by atoms with Crippen molar-refractivity contribution in [2.45, 2.75) is 77.9 Å². The van der Waals surface area contributed by atoms with Gasteiger partial charge in [-0.05, 0) is 40.0 Å². The van der Waals surface area contributed by atoms with Gasteiger partial charge in [0.25, 0.3) is 5.91 Å². The van der Waals surface area contributed by atoms with Gasteiger partial charge in [0.15, 0.2) is 0 Å². The van der Waals surface area contributed by atoms with Crippen molar-refractivity contribution in [3.63, 3.8) is 0 Å². The van der Waals surface area contributed by atoms with Gasteiger partial charge in [0, 0.05) is 17.8 Å². The fraction of sp³-hybridized carbons (Fsp3) is 0.619. The van der Waals surface area contributed by atoms with Crippen LogP contribution in [-0.2, 0) is 4.79 Å². The number of aliphatic hydroxyl groups is 1. The van der Waals surface area contributed by atoms with Crippen molar-refractivity contribution < 1.29 is 9.90 Å². The van der Waals surface area contributed by atoms with Gasteiger partial charge in [-0.1, -0.05) is 38.8 Å². The van der Waals surface area contributed by atoms with Gasteiger partial charge in [0.1, 0.15) is 5.71 Å². The highest BCUT2D eigenvalue weighted by atomic mass is 16.3. The summed E-state index contributed by atoms with van der Waals surface area (Å²) in [4.78, 5) is 17.6. The number of aliphatic imine (C=N–C) groups is 1. The minimum atomic E-state index is -0.994. The number of nitrogens with zero attached hydrogens (tertiary/aromatic N) is 1. The molecule has 5 nitrogen and oxygen atoms in total. The van der Waals surface area contributed by atoms with Crippen molar-refractivity contribution in [1.29, 1.82) is 0 Å². The van der Waals surface area contributed by atoms with Crippen molar-refractivity contribution in [2.24, 2.45) is 10.9 Å². The van der Waals surface area contributed by atoms with Gasteiger partial charge in [-0.3, -0.25) is 9.79 Å². The first kappa shape index (κ1) is 20.4. The molecule has 144 valence electrons. The van der Waals surface area contributed by atoms with Crippen molar-refractivity contribution in [3.05, 3.63) is 35.8 Å². The highest BCUT2D eigenvalue weighted by Crippen LogP contribution is 2.31. The molecule has 1 heterocycles. The maximum atomic E-state index is 12.7. The molecule has 2 aliphatic rings. The van der Waals surface area contributed by atoms with E-state index in [2.05, 4.69) is 30.2 Å². The molecule has 1 aliphatic heterocycles. The molecule has 1 fully saturated rings. The quantitative estimate of drug-likeness (QED) is 0.679. The largest absolute Gasteiger partial charge is 0.388 e. The number of hydrogen-bond donors (Lipinski definition) is 3. The Hall–Kier alpha value is -1.88. The summed E-state index contributed by atoms with van der Waals surface area (Å²) in [6, 6.07) is -0.380. The predicted octanol–water partition coefficient (Wildman–Crippen LogP) is 3.58. The Labute approximate surface area is 157 Å². The summed E-state index contributed by atoms with van der Waals surface area (Å²) in [5.41, 5.74) is 1.80. The zero-order chi connectivity index (χ0) is 19.3. The molecule has 1 amide bonds. The zero-order valence-electron chi connectivity index (χ0n) is 16.6. The Morgan fingerprint density at radius 1 is 1.46 bits per heavy atom. The molecular formula is C21H33N3O2. The van der Waals surface area contributed by atoms with Crippen LogP contribution in [0.15, 0.2) is 40.8 Å². The number of amides is 1. The molecule has 0 radical (unpaired) electrons. The van der Waals surface area contributed by atoms with E-state index in [0.29, 0.717) is 22.9 Å². The normalized spacial score (nSPS) is 22.2. The second-order valence-electron chi connectivity index (χ2n) is 7.86. The summed E-state index contributed by atoms with van der Waals surface area (Å²) in [5.74, 6) is 0.216. The topological polar surface area (TPSA) is 73.7 Å². The summed E-state index contributed by atoms with van der Waals surface area (Å²) < 4.78 is 0. The summed E-state index contributed by atoms with van der Waals surface area (Å²) in [6.45, 7) is 11.3. The van der Waals surface area contributed by atoms with E-state index in [0.717, 1.165) is 25.0 Å². The smallest absolute Gasteiger partial charge is 0.255 e. The van der Waals surface area contributed by atoms with Crippen LogP contribution in [0.25, 0.3) is 0 Å². The van der Waals surface area contributed by atoms with Crippen molar-refractivity contribution in [2.75, 3.05) is 0 Å². The van der Waals surface area contributed by atoms with Gasteiger partial charge < -0.3 is 15.7 Å². The van der Waals surface area contributed by atoms with Crippen LogP contribution in [0.2, 0.25) is 0 Å². The second kappa shape index (κ2) is 8.67. The number of carbonyl (C=O) groups is 1. The molecule has 5 heteroatoms. The minimum absolute atomic E-state index is 0.246. The maximum Gasteiger partial charge on any atom is 0.255 e. The average molecular weight is 360 g/mol. The third kappa shape index (κ3) is 5.07. The third-order valence-corrected chi connectivity index (χ3v) is 5.26.